The molecule has 9 heteroatoms. The molecule has 0 spiro atoms. The molecule has 2 nitrogen and oxygen atoms in total. The molecule has 29 heavy (non-hydrogen) atoms. The van der Waals surface area contributed by atoms with Crippen LogP contribution in [0.25, 0.3) is 0 Å². The first-order chi connectivity index (χ1) is 13.5. The lowest BCUT2D eigenvalue weighted by molar-refractivity contribution is -0.144. The molecule has 3 rings (SSSR count). The Kier molecular flexibility index (Phi) is 5.48. The van der Waals surface area contributed by atoms with Crippen LogP contribution in [0, 0.1) is 18.2 Å². The number of aryl methyl sites for hydroxylation is 1. The number of benzene rings is 1. The largest absolute Gasteiger partial charge is 0.418 e. The summed E-state index contributed by atoms with van der Waals surface area (Å²) in [6, 6.07) is 4.09. The molecule has 1 unspecified atom stereocenters. The molecule has 1 aromatic heterocycles. The maximum absolute atomic E-state index is 13.6. The average Bonchev–Trinajstić information content (AvgIpc) is 2.79. The Morgan fingerprint density at radius 3 is 2.45 bits per heavy atom. The highest BCUT2D eigenvalue weighted by Crippen LogP contribution is 2.41. The Balaban J connectivity index is 2.06. The van der Waals surface area contributed by atoms with Gasteiger partial charge in [-0.2, -0.15) is 26.3 Å². The van der Waals surface area contributed by atoms with E-state index in [1.54, 1.807) is 4.90 Å². The van der Waals surface area contributed by atoms with Crippen LogP contribution in [0.5, 0.6) is 0 Å². The van der Waals surface area contributed by atoms with Crippen LogP contribution in [0.2, 0.25) is 0 Å². The predicted octanol–water partition coefficient (Wildman–Crippen LogP) is 5.43. The summed E-state index contributed by atoms with van der Waals surface area (Å²) in [5.74, 6) is 1.08. The van der Waals surface area contributed by atoms with Gasteiger partial charge in [-0.1, -0.05) is 5.92 Å². The molecule has 1 atom stereocenters. The quantitative estimate of drug-likeness (QED) is 0.480. The zero-order valence-corrected chi connectivity index (χ0v) is 14.9. The van der Waals surface area contributed by atoms with E-state index < -0.39 is 40.9 Å². The van der Waals surface area contributed by atoms with Crippen LogP contribution in [0.3, 0.4) is 0 Å². The number of hydrogen-bond donors (Lipinski definition) is 0. The lowest BCUT2D eigenvalue weighted by atomic mass is 9.93. The number of pyridine rings is 1. The normalized spacial score (nSPS) is 17.4. The van der Waals surface area contributed by atoms with E-state index in [9.17, 15) is 30.7 Å². The number of alkyl halides is 6. The molecule has 0 saturated carbocycles. The highest BCUT2D eigenvalue weighted by atomic mass is 19.4. The fraction of sp³-hybridized carbons (Fsp3) is 0.350. The van der Waals surface area contributed by atoms with Crippen LogP contribution in [0.4, 0.5) is 36.4 Å². The van der Waals surface area contributed by atoms with Gasteiger partial charge in [0.15, 0.2) is 0 Å². The first-order valence-corrected chi connectivity index (χ1v) is 8.62. The van der Waals surface area contributed by atoms with Crippen LogP contribution in [0.1, 0.15) is 34.7 Å². The molecule has 0 radical (unpaired) electrons. The van der Waals surface area contributed by atoms with Crippen molar-refractivity contribution in [1.29, 1.82) is 0 Å². The maximum Gasteiger partial charge on any atom is 0.418 e. The molecular formula is C20H15F7N2. The number of nitrogens with zero attached hydrogens (tertiary/aromatic N) is 2. The SMILES string of the molecule is C#CCN1CC(c2ncc(C(F)(F)F)cc2C(F)(F)F)CCc2cc(F)ccc21. The molecule has 0 saturated heterocycles. The van der Waals surface area contributed by atoms with Gasteiger partial charge in [-0.25, -0.2) is 4.39 Å². The number of anilines is 1. The van der Waals surface area contributed by atoms with Crippen molar-refractivity contribution in [3.63, 3.8) is 0 Å². The van der Waals surface area contributed by atoms with E-state index in [0.29, 0.717) is 17.4 Å². The fourth-order valence-electron chi connectivity index (χ4n) is 3.51. The standard InChI is InChI=1S/C20H15F7N2/c1-2-7-29-11-13(4-3-12-8-15(21)5-6-17(12)29)18-16(20(25,26)27)9-14(10-28-18)19(22,23)24/h1,5-6,8-10,13H,3-4,7,11H2. The molecule has 2 heterocycles. The Hall–Kier alpha value is -2.76. The maximum atomic E-state index is 13.6. The summed E-state index contributed by atoms with van der Waals surface area (Å²) in [5, 5.41) is 0. The van der Waals surface area contributed by atoms with Gasteiger partial charge >= 0.3 is 12.4 Å². The number of terminal acetylenes is 1. The second-order valence-corrected chi connectivity index (χ2v) is 6.75. The van der Waals surface area contributed by atoms with Gasteiger partial charge in [0.05, 0.1) is 23.4 Å². The van der Waals surface area contributed by atoms with Gasteiger partial charge in [0, 0.05) is 24.3 Å². The van der Waals surface area contributed by atoms with Crippen molar-refractivity contribution in [1.82, 2.24) is 4.98 Å². The van der Waals surface area contributed by atoms with Crippen molar-refractivity contribution >= 4 is 5.69 Å². The number of hydrogen-bond acceptors (Lipinski definition) is 2. The van der Waals surface area contributed by atoms with Crippen molar-refractivity contribution in [2.24, 2.45) is 0 Å². The monoisotopic (exact) mass is 416 g/mol. The van der Waals surface area contributed by atoms with E-state index in [1.165, 1.54) is 18.2 Å². The molecule has 0 amide bonds. The van der Waals surface area contributed by atoms with E-state index in [2.05, 4.69) is 10.9 Å². The zero-order chi connectivity index (χ0) is 21.4. The Bertz CT molecular complexity index is 941. The molecule has 1 aliphatic rings. The minimum atomic E-state index is -5.01. The Morgan fingerprint density at radius 2 is 1.83 bits per heavy atom. The summed E-state index contributed by atoms with van der Waals surface area (Å²) in [6.45, 7) is 0.0708. The first-order valence-electron chi connectivity index (χ1n) is 8.62. The molecule has 1 aromatic carbocycles. The summed E-state index contributed by atoms with van der Waals surface area (Å²) < 4.78 is 92.9. The van der Waals surface area contributed by atoms with Crippen molar-refractivity contribution in [3.8, 4) is 12.3 Å². The van der Waals surface area contributed by atoms with E-state index in [4.69, 9.17) is 6.42 Å². The second-order valence-electron chi connectivity index (χ2n) is 6.75. The van der Waals surface area contributed by atoms with Crippen LogP contribution >= 0.6 is 0 Å². The Labute approximate surface area is 162 Å². The van der Waals surface area contributed by atoms with Crippen LogP contribution in [-0.4, -0.2) is 18.1 Å². The van der Waals surface area contributed by atoms with Crippen molar-refractivity contribution < 1.29 is 30.7 Å². The Morgan fingerprint density at radius 1 is 1.10 bits per heavy atom. The van der Waals surface area contributed by atoms with Crippen LogP contribution in [0.15, 0.2) is 30.5 Å². The van der Waals surface area contributed by atoms with Gasteiger partial charge in [-0.15, -0.1) is 6.42 Å². The van der Waals surface area contributed by atoms with Gasteiger partial charge < -0.3 is 4.90 Å². The van der Waals surface area contributed by atoms with Gasteiger partial charge in [-0.05, 0) is 42.7 Å². The highest BCUT2D eigenvalue weighted by molar-refractivity contribution is 5.56. The van der Waals surface area contributed by atoms with Gasteiger partial charge in [0.25, 0.3) is 0 Å². The second kappa shape index (κ2) is 7.58. The zero-order valence-electron chi connectivity index (χ0n) is 14.9. The fourth-order valence-corrected chi connectivity index (χ4v) is 3.51. The average molecular weight is 416 g/mol. The first kappa shape index (κ1) is 21.0. The van der Waals surface area contributed by atoms with Gasteiger partial charge in [0.1, 0.15) is 5.82 Å². The van der Waals surface area contributed by atoms with Crippen LogP contribution in [-0.2, 0) is 18.8 Å². The highest BCUT2D eigenvalue weighted by Gasteiger charge is 2.41. The number of fused-ring (bicyclic) bond motifs is 1. The third-order valence-electron chi connectivity index (χ3n) is 4.81. The molecule has 0 aliphatic carbocycles. The molecular weight excluding hydrogens is 401 g/mol. The summed E-state index contributed by atoms with van der Waals surface area (Å²) >= 11 is 0. The minimum absolute atomic E-state index is 0.0181. The smallest absolute Gasteiger partial charge is 0.359 e. The molecule has 0 bridgehead atoms. The third-order valence-corrected chi connectivity index (χ3v) is 4.81. The van der Waals surface area contributed by atoms with E-state index >= 15 is 0 Å². The molecule has 2 aromatic rings. The minimum Gasteiger partial charge on any atom is -0.359 e. The molecule has 0 N–H and O–H groups in total. The number of rotatable bonds is 2. The summed E-state index contributed by atoms with van der Waals surface area (Å²) in [7, 11) is 0. The molecule has 0 fully saturated rings. The molecule has 154 valence electrons. The van der Waals surface area contributed by atoms with Crippen LogP contribution < -0.4 is 4.90 Å². The number of halogens is 7. The van der Waals surface area contributed by atoms with Crippen molar-refractivity contribution in [2.45, 2.75) is 31.1 Å². The van der Waals surface area contributed by atoms with Gasteiger partial charge in [-0.3, -0.25) is 4.98 Å². The summed E-state index contributed by atoms with van der Waals surface area (Å²) in [4.78, 5) is 5.18. The van der Waals surface area contributed by atoms with Crippen molar-refractivity contribution in [2.75, 3.05) is 18.0 Å². The van der Waals surface area contributed by atoms with E-state index in [0.717, 1.165) is 0 Å². The lowest BCUT2D eigenvalue weighted by Crippen LogP contribution is -2.29. The molecule has 1 aliphatic heterocycles. The topological polar surface area (TPSA) is 16.1 Å². The van der Waals surface area contributed by atoms with Crippen molar-refractivity contribution in [3.05, 3.63) is 58.7 Å². The van der Waals surface area contributed by atoms with E-state index in [-0.39, 0.29) is 32.0 Å². The lowest BCUT2D eigenvalue weighted by Gasteiger charge is -2.27. The predicted molar refractivity (Wildman–Crippen MR) is 92.7 cm³/mol. The number of aromatic nitrogens is 1. The van der Waals surface area contributed by atoms with E-state index in [1.807, 2.05) is 0 Å². The summed E-state index contributed by atoms with van der Waals surface area (Å²) in [5.41, 5.74) is -2.19. The summed E-state index contributed by atoms with van der Waals surface area (Å²) in [6.07, 6.45) is -3.80. The third kappa shape index (κ3) is 4.47. The van der Waals surface area contributed by atoms with Gasteiger partial charge in [0.2, 0.25) is 0 Å².